The highest BCUT2D eigenvalue weighted by Crippen LogP contribution is 2.34. The molecule has 144 valence electrons. The standard InChI is InChI=1S/C22H27BrN2O2/c23-19-6-7-21-22(12-19)27-20(16-26-21)15-25-10-8-18(9-11-25)14-24-13-17-4-2-1-3-5-17/h1-7,12,18,20,24H,8-11,13-16H2/t20-/m0/s1. The van der Waals surface area contributed by atoms with E-state index in [-0.39, 0.29) is 6.10 Å². The maximum absolute atomic E-state index is 6.15. The molecule has 27 heavy (non-hydrogen) atoms. The van der Waals surface area contributed by atoms with Gasteiger partial charge in [0.25, 0.3) is 0 Å². The first kappa shape index (κ1) is 18.8. The lowest BCUT2D eigenvalue weighted by Gasteiger charge is -2.35. The van der Waals surface area contributed by atoms with Crippen LogP contribution in [0.5, 0.6) is 11.5 Å². The number of ether oxygens (including phenoxy) is 2. The fourth-order valence-electron chi connectivity index (χ4n) is 3.86. The summed E-state index contributed by atoms with van der Waals surface area (Å²) in [5, 5.41) is 3.62. The van der Waals surface area contributed by atoms with Gasteiger partial charge in [0, 0.05) is 17.6 Å². The Morgan fingerprint density at radius 1 is 1.04 bits per heavy atom. The lowest BCUT2D eigenvalue weighted by molar-refractivity contribution is 0.0477. The van der Waals surface area contributed by atoms with E-state index in [9.17, 15) is 0 Å². The van der Waals surface area contributed by atoms with Gasteiger partial charge in [0.05, 0.1) is 0 Å². The molecule has 2 aromatic rings. The van der Waals surface area contributed by atoms with Crippen molar-refractivity contribution in [3.8, 4) is 11.5 Å². The molecule has 2 aliphatic rings. The second-order valence-corrected chi connectivity index (χ2v) is 8.42. The molecule has 1 fully saturated rings. The molecule has 0 unspecified atom stereocenters. The van der Waals surface area contributed by atoms with Crippen molar-refractivity contribution in [3.05, 3.63) is 58.6 Å². The van der Waals surface area contributed by atoms with Crippen LogP contribution < -0.4 is 14.8 Å². The average molecular weight is 431 g/mol. The van der Waals surface area contributed by atoms with Crippen molar-refractivity contribution in [2.45, 2.75) is 25.5 Å². The Balaban J connectivity index is 1.18. The molecule has 2 heterocycles. The quantitative estimate of drug-likeness (QED) is 0.747. The van der Waals surface area contributed by atoms with Crippen LogP contribution in [0.3, 0.4) is 0 Å². The summed E-state index contributed by atoms with van der Waals surface area (Å²) in [7, 11) is 0. The van der Waals surface area contributed by atoms with Crippen molar-refractivity contribution in [3.63, 3.8) is 0 Å². The van der Waals surface area contributed by atoms with Gasteiger partial charge in [-0.1, -0.05) is 46.3 Å². The molecule has 2 aromatic carbocycles. The molecule has 0 aromatic heterocycles. The van der Waals surface area contributed by atoms with Crippen LogP contribution in [-0.4, -0.2) is 43.8 Å². The molecule has 4 nitrogen and oxygen atoms in total. The van der Waals surface area contributed by atoms with Crippen LogP contribution in [0.2, 0.25) is 0 Å². The van der Waals surface area contributed by atoms with Crippen LogP contribution in [0.15, 0.2) is 53.0 Å². The molecule has 0 aliphatic carbocycles. The van der Waals surface area contributed by atoms with Gasteiger partial charge in [-0.25, -0.2) is 0 Å². The summed E-state index contributed by atoms with van der Waals surface area (Å²) < 4.78 is 13.0. The number of fused-ring (bicyclic) bond motifs is 1. The highest BCUT2D eigenvalue weighted by atomic mass is 79.9. The van der Waals surface area contributed by atoms with Gasteiger partial charge in [0.1, 0.15) is 12.7 Å². The van der Waals surface area contributed by atoms with E-state index >= 15 is 0 Å². The number of halogens is 1. The largest absolute Gasteiger partial charge is 0.486 e. The maximum Gasteiger partial charge on any atom is 0.162 e. The molecular formula is C22H27BrN2O2. The molecule has 0 radical (unpaired) electrons. The third-order valence-electron chi connectivity index (χ3n) is 5.40. The summed E-state index contributed by atoms with van der Waals surface area (Å²) >= 11 is 3.50. The highest BCUT2D eigenvalue weighted by Gasteiger charge is 2.26. The third-order valence-corrected chi connectivity index (χ3v) is 5.89. The number of rotatable bonds is 6. The summed E-state index contributed by atoms with van der Waals surface area (Å²) in [6, 6.07) is 16.6. The van der Waals surface area contributed by atoms with E-state index in [2.05, 4.69) is 56.5 Å². The summed E-state index contributed by atoms with van der Waals surface area (Å²) in [6.45, 7) is 5.92. The van der Waals surface area contributed by atoms with Crippen LogP contribution in [-0.2, 0) is 6.54 Å². The Morgan fingerprint density at radius 3 is 2.67 bits per heavy atom. The Bertz CT molecular complexity index is 732. The van der Waals surface area contributed by atoms with Crippen molar-refractivity contribution in [2.24, 2.45) is 5.92 Å². The van der Waals surface area contributed by atoms with E-state index < -0.39 is 0 Å². The number of likely N-dealkylation sites (tertiary alicyclic amines) is 1. The van der Waals surface area contributed by atoms with Crippen molar-refractivity contribution in [1.82, 2.24) is 10.2 Å². The number of benzene rings is 2. The lowest BCUT2D eigenvalue weighted by Crippen LogP contribution is -2.45. The predicted molar refractivity (Wildman–Crippen MR) is 111 cm³/mol. The number of nitrogens with zero attached hydrogens (tertiary/aromatic N) is 1. The van der Waals surface area contributed by atoms with Gasteiger partial charge in [-0.2, -0.15) is 0 Å². The number of hydrogen-bond acceptors (Lipinski definition) is 4. The van der Waals surface area contributed by atoms with Crippen LogP contribution in [0.1, 0.15) is 18.4 Å². The van der Waals surface area contributed by atoms with Gasteiger partial charge in [-0.3, -0.25) is 4.90 Å². The van der Waals surface area contributed by atoms with Crippen molar-refractivity contribution in [1.29, 1.82) is 0 Å². The Kier molecular flexibility index (Phi) is 6.32. The van der Waals surface area contributed by atoms with Crippen molar-refractivity contribution in [2.75, 3.05) is 32.8 Å². The van der Waals surface area contributed by atoms with E-state index in [0.717, 1.165) is 54.6 Å². The Morgan fingerprint density at radius 2 is 1.85 bits per heavy atom. The minimum absolute atomic E-state index is 0.111. The first-order chi connectivity index (χ1) is 13.3. The van der Waals surface area contributed by atoms with Gasteiger partial charge >= 0.3 is 0 Å². The van der Waals surface area contributed by atoms with Gasteiger partial charge in [-0.05, 0) is 62.2 Å². The molecule has 0 saturated carbocycles. The molecule has 0 spiro atoms. The summed E-state index contributed by atoms with van der Waals surface area (Å²) in [5.74, 6) is 2.46. The summed E-state index contributed by atoms with van der Waals surface area (Å²) in [5.41, 5.74) is 1.36. The Hall–Kier alpha value is -1.56. The molecule has 1 N–H and O–H groups in total. The van der Waals surface area contributed by atoms with Crippen molar-refractivity contribution >= 4 is 15.9 Å². The molecule has 4 rings (SSSR count). The molecular weight excluding hydrogens is 404 g/mol. The van der Waals surface area contributed by atoms with Gasteiger partial charge in [0.15, 0.2) is 11.5 Å². The monoisotopic (exact) mass is 430 g/mol. The first-order valence-corrected chi connectivity index (χ1v) is 10.6. The second-order valence-electron chi connectivity index (χ2n) is 7.50. The van der Waals surface area contributed by atoms with Gasteiger partial charge < -0.3 is 14.8 Å². The zero-order chi connectivity index (χ0) is 18.5. The Labute approximate surface area is 170 Å². The van der Waals surface area contributed by atoms with Crippen LogP contribution in [0.4, 0.5) is 0 Å². The predicted octanol–water partition coefficient (Wildman–Crippen LogP) is 4.09. The number of nitrogens with one attached hydrogen (secondary N) is 1. The number of piperidine rings is 1. The van der Waals surface area contributed by atoms with Gasteiger partial charge in [-0.15, -0.1) is 0 Å². The smallest absolute Gasteiger partial charge is 0.162 e. The summed E-state index contributed by atoms with van der Waals surface area (Å²) in [6.07, 6.45) is 2.61. The minimum atomic E-state index is 0.111. The minimum Gasteiger partial charge on any atom is -0.486 e. The number of hydrogen-bond donors (Lipinski definition) is 1. The van der Waals surface area contributed by atoms with Crippen LogP contribution in [0.25, 0.3) is 0 Å². The van der Waals surface area contributed by atoms with E-state index in [1.165, 1.54) is 18.4 Å². The van der Waals surface area contributed by atoms with E-state index in [4.69, 9.17) is 9.47 Å². The first-order valence-electron chi connectivity index (χ1n) is 9.82. The van der Waals surface area contributed by atoms with E-state index in [0.29, 0.717) is 6.61 Å². The fraction of sp³-hybridized carbons (Fsp3) is 0.455. The highest BCUT2D eigenvalue weighted by molar-refractivity contribution is 9.10. The fourth-order valence-corrected chi connectivity index (χ4v) is 4.20. The molecule has 1 atom stereocenters. The van der Waals surface area contributed by atoms with Crippen molar-refractivity contribution < 1.29 is 9.47 Å². The SMILES string of the molecule is Brc1ccc2c(c1)O[C@@H](CN1CCC(CNCc3ccccc3)CC1)CO2. The van der Waals surface area contributed by atoms with E-state index in [1.54, 1.807) is 0 Å². The normalized spacial score (nSPS) is 20.6. The molecule has 5 heteroatoms. The maximum atomic E-state index is 6.15. The molecule has 0 bridgehead atoms. The third kappa shape index (κ3) is 5.24. The van der Waals surface area contributed by atoms with Crippen LogP contribution >= 0.6 is 15.9 Å². The molecule has 0 amide bonds. The molecule has 2 aliphatic heterocycles. The topological polar surface area (TPSA) is 33.7 Å². The zero-order valence-corrected chi connectivity index (χ0v) is 17.2. The second kappa shape index (κ2) is 9.09. The zero-order valence-electron chi connectivity index (χ0n) is 15.6. The average Bonchev–Trinajstić information content (AvgIpc) is 2.70. The summed E-state index contributed by atoms with van der Waals surface area (Å²) in [4.78, 5) is 2.52. The van der Waals surface area contributed by atoms with Crippen LogP contribution in [0, 0.1) is 5.92 Å². The molecule has 1 saturated heterocycles. The van der Waals surface area contributed by atoms with Gasteiger partial charge in [0.2, 0.25) is 0 Å². The van der Waals surface area contributed by atoms with E-state index in [1.807, 2.05) is 18.2 Å². The lowest BCUT2D eigenvalue weighted by atomic mass is 9.96.